The number of fused-ring (bicyclic) bond motifs is 1. The molecule has 152 valence electrons. The third kappa shape index (κ3) is 4.90. The molecule has 2 aliphatic heterocycles. The van der Waals surface area contributed by atoms with Crippen LogP contribution < -0.4 is 5.32 Å². The number of anilines is 1. The van der Waals surface area contributed by atoms with Crippen LogP contribution in [0.4, 0.5) is 5.69 Å². The summed E-state index contributed by atoms with van der Waals surface area (Å²) in [4.78, 5) is 7.04. The van der Waals surface area contributed by atoms with Gasteiger partial charge in [0.2, 0.25) is 0 Å². The van der Waals surface area contributed by atoms with E-state index < -0.39 is 0 Å². The minimum absolute atomic E-state index is 0.286. The lowest BCUT2D eigenvalue weighted by Crippen LogP contribution is -2.37. The van der Waals surface area contributed by atoms with Gasteiger partial charge in [0, 0.05) is 41.4 Å². The van der Waals surface area contributed by atoms with E-state index in [0.717, 1.165) is 18.8 Å². The van der Waals surface area contributed by atoms with Gasteiger partial charge in [-0.2, -0.15) is 0 Å². The number of likely N-dealkylation sites (tertiary alicyclic amines) is 1. The summed E-state index contributed by atoms with van der Waals surface area (Å²) in [5.74, 6) is 0. The highest BCUT2D eigenvalue weighted by Gasteiger charge is 2.29. The smallest absolute Gasteiger partial charge is 0.0698 e. The van der Waals surface area contributed by atoms with Crippen LogP contribution in [0.1, 0.15) is 36.5 Å². The van der Waals surface area contributed by atoms with E-state index in [1.54, 1.807) is 0 Å². The predicted octanol–water partition coefficient (Wildman–Crippen LogP) is 5.18. The molecule has 4 rings (SSSR count). The van der Waals surface area contributed by atoms with Gasteiger partial charge < -0.3 is 10.1 Å². The van der Waals surface area contributed by atoms with Crippen molar-refractivity contribution in [2.45, 2.75) is 38.5 Å². The van der Waals surface area contributed by atoms with Crippen LogP contribution in [0.2, 0.25) is 0 Å². The van der Waals surface area contributed by atoms with E-state index in [1.807, 2.05) is 13.3 Å². The van der Waals surface area contributed by atoms with E-state index >= 15 is 0 Å². The van der Waals surface area contributed by atoms with E-state index in [4.69, 9.17) is 4.74 Å². The van der Waals surface area contributed by atoms with Crippen molar-refractivity contribution in [1.82, 2.24) is 4.90 Å². The fraction of sp³-hybridized carbons (Fsp3) is 0.375. The minimum atomic E-state index is 0.286. The van der Waals surface area contributed by atoms with E-state index in [-0.39, 0.29) is 6.10 Å². The van der Waals surface area contributed by atoms with E-state index in [9.17, 15) is 0 Å². The fourth-order valence-electron chi connectivity index (χ4n) is 4.22. The molecule has 0 radical (unpaired) electrons. The van der Waals surface area contributed by atoms with Crippen molar-refractivity contribution in [2.24, 2.45) is 4.99 Å². The molecule has 2 heterocycles. The summed E-state index contributed by atoms with van der Waals surface area (Å²) in [6.45, 7) is 5.04. The maximum absolute atomic E-state index is 5.57. The number of aliphatic imine (C=N–C) groups is 1. The number of nitrogens with zero attached hydrogens (tertiary/aromatic N) is 2. The maximum atomic E-state index is 5.57. The normalized spacial score (nSPS) is 21.3. The first kappa shape index (κ1) is 20.6. The minimum Gasteiger partial charge on any atom is -0.380 e. The third-order valence-electron chi connectivity index (χ3n) is 5.93. The first-order valence-electron chi connectivity index (χ1n) is 10.2. The number of rotatable bonds is 6. The molecule has 1 fully saturated rings. The topological polar surface area (TPSA) is 36.9 Å². The van der Waals surface area contributed by atoms with Crippen LogP contribution in [0, 0.1) is 3.57 Å². The molecule has 0 bridgehead atoms. The molecule has 0 aliphatic carbocycles. The van der Waals surface area contributed by atoms with Crippen LogP contribution in [0.25, 0.3) is 5.57 Å². The largest absolute Gasteiger partial charge is 0.380 e. The van der Waals surface area contributed by atoms with Crippen molar-refractivity contribution >= 4 is 40.1 Å². The zero-order valence-corrected chi connectivity index (χ0v) is 19.2. The van der Waals surface area contributed by atoms with Gasteiger partial charge in [0.1, 0.15) is 0 Å². The van der Waals surface area contributed by atoms with Crippen LogP contribution in [0.5, 0.6) is 0 Å². The molecule has 29 heavy (non-hydrogen) atoms. The molecule has 0 spiro atoms. The van der Waals surface area contributed by atoms with Gasteiger partial charge in [-0.25, -0.2) is 0 Å². The van der Waals surface area contributed by atoms with Crippen molar-refractivity contribution in [1.29, 1.82) is 0 Å². The average molecular weight is 501 g/mol. The van der Waals surface area contributed by atoms with Crippen LogP contribution in [0.15, 0.2) is 53.7 Å². The Morgan fingerprint density at radius 1 is 1.28 bits per heavy atom. The Hall–Kier alpha value is -1.70. The number of ether oxygens (including phenoxy) is 1. The Morgan fingerprint density at radius 2 is 2.10 bits per heavy atom. The monoisotopic (exact) mass is 501 g/mol. The molecule has 4 nitrogen and oxygen atoms in total. The van der Waals surface area contributed by atoms with Crippen LogP contribution in [-0.2, 0) is 11.3 Å². The van der Waals surface area contributed by atoms with Gasteiger partial charge in [-0.3, -0.25) is 9.89 Å². The zero-order chi connectivity index (χ0) is 20.2. The zero-order valence-electron chi connectivity index (χ0n) is 17.1. The number of benzene rings is 2. The number of hydrogen-bond acceptors (Lipinski definition) is 4. The molecule has 5 heteroatoms. The molecule has 0 aromatic heterocycles. The molecule has 2 aliphatic rings. The Labute approximate surface area is 187 Å². The lowest BCUT2D eigenvalue weighted by atomic mass is 9.99. The quantitative estimate of drug-likeness (QED) is 0.555. The molecule has 1 N–H and O–H groups in total. The number of hydrogen-bond donors (Lipinski definition) is 1. The van der Waals surface area contributed by atoms with Gasteiger partial charge >= 0.3 is 0 Å². The highest BCUT2D eigenvalue weighted by Crippen LogP contribution is 2.26. The molecule has 2 aromatic rings. The molecule has 1 saturated heterocycles. The number of nitrogens with one attached hydrogen (secondary N) is 1. The van der Waals surface area contributed by atoms with Crippen molar-refractivity contribution in [2.75, 3.05) is 25.5 Å². The van der Waals surface area contributed by atoms with Crippen LogP contribution in [0.3, 0.4) is 0 Å². The first-order chi connectivity index (χ1) is 14.1. The summed E-state index contributed by atoms with van der Waals surface area (Å²) in [5, 5.41) is 3.46. The van der Waals surface area contributed by atoms with E-state index in [0.29, 0.717) is 12.6 Å². The van der Waals surface area contributed by atoms with Crippen LogP contribution in [-0.4, -0.2) is 43.5 Å². The highest BCUT2D eigenvalue weighted by atomic mass is 127. The summed E-state index contributed by atoms with van der Waals surface area (Å²) in [5.41, 5.74) is 6.12. The predicted molar refractivity (Wildman–Crippen MR) is 130 cm³/mol. The molecular formula is C24H28IN3O. The lowest BCUT2D eigenvalue weighted by molar-refractivity contribution is 0.0411. The number of methoxy groups -OCH3 is 1. The van der Waals surface area contributed by atoms with Gasteiger partial charge in [0.25, 0.3) is 0 Å². The van der Waals surface area contributed by atoms with Crippen LogP contribution >= 0.6 is 22.6 Å². The van der Waals surface area contributed by atoms with Gasteiger partial charge in [-0.05, 0) is 95.4 Å². The van der Waals surface area contributed by atoms with Gasteiger partial charge in [-0.1, -0.05) is 18.2 Å². The summed E-state index contributed by atoms with van der Waals surface area (Å²) in [6, 6.07) is 15.8. The second kappa shape index (κ2) is 9.41. The Morgan fingerprint density at radius 3 is 2.90 bits per heavy atom. The van der Waals surface area contributed by atoms with Gasteiger partial charge in [0.15, 0.2) is 0 Å². The maximum Gasteiger partial charge on any atom is 0.0698 e. The second-order valence-electron chi connectivity index (χ2n) is 7.83. The molecule has 2 atom stereocenters. The molecular weight excluding hydrogens is 473 g/mol. The Kier molecular flexibility index (Phi) is 6.67. The Balaban J connectivity index is 1.41. The number of halogens is 1. The van der Waals surface area contributed by atoms with Crippen molar-refractivity contribution in [3.05, 3.63) is 68.9 Å². The fourth-order valence-corrected chi connectivity index (χ4v) is 4.71. The van der Waals surface area contributed by atoms with E-state index in [2.05, 4.69) is 93.4 Å². The van der Waals surface area contributed by atoms with Crippen molar-refractivity contribution < 1.29 is 4.74 Å². The van der Waals surface area contributed by atoms with Crippen molar-refractivity contribution in [3.63, 3.8) is 0 Å². The third-order valence-corrected chi connectivity index (χ3v) is 6.60. The lowest BCUT2D eigenvalue weighted by Gasteiger charge is -2.28. The summed E-state index contributed by atoms with van der Waals surface area (Å²) >= 11 is 2.36. The van der Waals surface area contributed by atoms with E-state index in [1.165, 1.54) is 38.7 Å². The SMILES string of the molecule is COC(C)C1CCCN1Cc1ccc(NC=C2CN=Cc3ccc(I)cc32)cc1. The van der Waals surface area contributed by atoms with Crippen molar-refractivity contribution in [3.8, 4) is 0 Å². The standard InChI is InChI=1S/C24H28IN3O/c1-17(29-2)24-4-3-11-28(24)16-18-5-9-22(10-6-18)27-15-20-14-26-13-19-7-8-21(25)12-23(19)20/h5-10,12-13,15,17,24,27H,3-4,11,14,16H2,1-2H3. The molecule has 2 unspecified atom stereocenters. The average Bonchev–Trinajstić information content (AvgIpc) is 3.21. The highest BCUT2D eigenvalue weighted by molar-refractivity contribution is 14.1. The summed E-state index contributed by atoms with van der Waals surface area (Å²) < 4.78 is 6.82. The summed E-state index contributed by atoms with van der Waals surface area (Å²) in [7, 11) is 1.81. The van der Waals surface area contributed by atoms with Gasteiger partial charge in [0.05, 0.1) is 12.6 Å². The van der Waals surface area contributed by atoms with Gasteiger partial charge in [-0.15, -0.1) is 0 Å². The molecule has 0 saturated carbocycles. The Bertz CT molecular complexity index is 907. The molecule has 0 amide bonds. The summed E-state index contributed by atoms with van der Waals surface area (Å²) in [6.07, 6.45) is 6.83. The second-order valence-corrected chi connectivity index (χ2v) is 9.08. The molecule has 2 aromatic carbocycles. The first-order valence-corrected chi connectivity index (χ1v) is 11.3.